The minimum absolute atomic E-state index is 0.171. The van der Waals surface area contributed by atoms with Crippen molar-refractivity contribution < 1.29 is 22.2 Å². The fourth-order valence-electron chi connectivity index (χ4n) is 2.90. The van der Waals surface area contributed by atoms with E-state index in [-0.39, 0.29) is 11.7 Å². The molecule has 0 bridgehead atoms. The molecule has 0 saturated heterocycles. The Balaban J connectivity index is 4.55. The molecule has 0 rings (SSSR count). The normalized spacial score (nSPS) is 12.1. The number of carbonyl (C=O) groups excluding carboxylic acids is 1. The van der Waals surface area contributed by atoms with E-state index in [9.17, 15) is 13.2 Å². The minimum atomic E-state index is -3.89. The molecular weight excluding hydrogens is 304 g/mol. The Morgan fingerprint density at radius 1 is 1.14 bits per heavy atom. The van der Waals surface area contributed by atoms with Crippen LogP contribution in [0.2, 0.25) is 0 Å². The van der Waals surface area contributed by atoms with Crippen LogP contribution in [0.4, 0.5) is 0 Å². The van der Waals surface area contributed by atoms with Gasteiger partial charge in [-0.25, -0.2) is 0 Å². The maximum absolute atomic E-state index is 11.1. The van der Waals surface area contributed by atoms with Crippen LogP contribution in [0, 0.1) is 0 Å². The number of hydrogen-bond acceptors (Lipinski definition) is 3. The van der Waals surface area contributed by atoms with E-state index < -0.39 is 10.1 Å². The highest BCUT2D eigenvalue weighted by Crippen LogP contribution is 2.13. The van der Waals surface area contributed by atoms with Gasteiger partial charge >= 0.3 is 0 Å². The van der Waals surface area contributed by atoms with Crippen molar-refractivity contribution in [2.24, 2.45) is 0 Å². The van der Waals surface area contributed by atoms with Crippen molar-refractivity contribution in [2.45, 2.75) is 39.5 Å². The predicted octanol–water partition coefficient (Wildman–Crippen LogP) is 1.59. The van der Waals surface area contributed by atoms with E-state index in [1.165, 1.54) is 6.08 Å². The molecule has 0 spiro atoms. The van der Waals surface area contributed by atoms with Crippen molar-refractivity contribution in [3.63, 3.8) is 0 Å². The summed E-state index contributed by atoms with van der Waals surface area (Å²) in [6.45, 7) is 11.8. The molecule has 0 aliphatic carbocycles. The van der Waals surface area contributed by atoms with Crippen molar-refractivity contribution in [3.05, 3.63) is 12.7 Å². The van der Waals surface area contributed by atoms with Crippen LogP contribution in [0.5, 0.6) is 0 Å². The number of hydrogen-bond donors (Lipinski definition) is 2. The SMILES string of the molecule is C=CC(=O)NCCC[N+](CCC)(CCC)CCCS(=O)(=O)O. The van der Waals surface area contributed by atoms with E-state index in [0.717, 1.165) is 49.9 Å². The number of amides is 1. The fraction of sp³-hybridized carbons (Fsp3) is 0.800. The zero-order valence-corrected chi connectivity index (χ0v) is 14.7. The highest BCUT2D eigenvalue weighted by molar-refractivity contribution is 7.85. The summed E-state index contributed by atoms with van der Waals surface area (Å²) in [4.78, 5) is 11.1. The first-order valence-electron chi connectivity index (χ1n) is 7.99. The Labute approximate surface area is 134 Å². The third kappa shape index (κ3) is 9.92. The second-order valence-electron chi connectivity index (χ2n) is 5.72. The molecule has 7 heteroatoms. The van der Waals surface area contributed by atoms with Crippen LogP contribution >= 0.6 is 0 Å². The van der Waals surface area contributed by atoms with Gasteiger partial charge in [0.15, 0.2) is 0 Å². The zero-order chi connectivity index (χ0) is 17.1. The Morgan fingerprint density at radius 3 is 2.14 bits per heavy atom. The maximum atomic E-state index is 11.1. The maximum Gasteiger partial charge on any atom is 0.265 e. The summed E-state index contributed by atoms with van der Waals surface area (Å²) in [5, 5.41) is 2.77. The van der Waals surface area contributed by atoms with Crippen LogP contribution in [0.3, 0.4) is 0 Å². The molecule has 0 radical (unpaired) electrons. The number of carbonyl (C=O) groups is 1. The van der Waals surface area contributed by atoms with E-state index >= 15 is 0 Å². The number of quaternary nitrogens is 1. The van der Waals surface area contributed by atoms with E-state index in [1.54, 1.807) is 0 Å². The lowest BCUT2D eigenvalue weighted by atomic mass is 10.2. The molecule has 0 fully saturated rings. The Bertz CT molecular complexity index is 429. The quantitative estimate of drug-likeness (QED) is 0.232. The van der Waals surface area contributed by atoms with E-state index in [0.29, 0.717) is 13.0 Å². The van der Waals surface area contributed by atoms with Gasteiger partial charge in [-0.1, -0.05) is 20.4 Å². The molecule has 6 nitrogen and oxygen atoms in total. The van der Waals surface area contributed by atoms with Crippen molar-refractivity contribution >= 4 is 16.0 Å². The molecular formula is C15H31N2O4S+. The Hall–Kier alpha value is -0.920. The molecule has 0 heterocycles. The van der Waals surface area contributed by atoms with E-state index in [4.69, 9.17) is 4.55 Å². The van der Waals surface area contributed by atoms with Crippen molar-refractivity contribution in [1.29, 1.82) is 0 Å². The molecule has 22 heavy (non-hydrogen) atoms. The smallest absolute Gasteiger partial charge is 0.265 e. The van der Waals surface area contributed by atoms with Crippen molar-refractivity contribution in [1.82, 2.24) is 5.32 Å². The Morgan fingerprint density at radius 2 is 1.68 bits per heavy atom. The molecule has 0 aromatic carbocycles. The topological polar surface area (TPSA) is 83.5 Å². The molecule has 130 valence electrons. The first kappa shape index (κ1) is 21.1. The molecule has 0 atom stereocenters. The molecule has 1 amide bonds. The summed E-state index contributed by atoms with van der Waals surface area (Å²) in [5.74, 6) is -0.358. The zero-order valence-electron chi connectivity index (χ0n) is 13.9. The van der Waals surface area contributed by atoms with Gasteiger partial charge in [-0.3, -0.25) is 9.35 Å². The second-order valence-corrected chi connectivity index (χ2v) is 7.30. The first-order chi connectivity index (χ1) is 10.3. The summed E-state index contributed by atoms with van der Waals surface area (Å²) in [6.07, 6.45) is 4.59. The summed E-state index contributed by atoms with van der Waals surface area (Å²) < 4.78 is 31.5. The van der Waals surface area contributed by atoms with Gasteiger partial charge in [0.25, 0.3) is 10.1 Å². The van der Waals surface area contributed by atoms with Gasteiger partial charge in [0.05, 0.1) is 31.9 Å². The monoisotopic (exact) mass is 335 g/mol. The number of rotatable bonds is 13. The average molecular weight is 335 g/mol. The van der Waals surface area contributed by atoms with Crippen molar-refractivity contribution in [3.8, 4) is 0 Å². The average Bonchev–Trinajstić information content (AvgIpc) is 2.42. The van der Waals surface area contributed by atoms with Gasteiger partial charge in [-0.2, -0.15) is 8.42 Å². The third-order valence-electron chi connectivity index (χ3n) is 3.72. The highest BCUT2D eigenvalue weighted by atomic mass is 32.2. The second kappa shape index (κ2) is 10.7. The standard InChI is InChI=1S/C15H30N2O4S/c1-4-10-17(11-5-2,13-8-14-22(19,20)21)12-7-9-16-15(18)6-3/h6H,3-5,7-14H2,1-2H3,(H-,16,18,19,20,21)/p+1. The van der Waals surface area contributed by atoms with Crippen LogP contribution in [-0.4, -0.2) is 61.8 Å². The summed E-state index contributed by atoms with van der Waals surface area (Å²) in [6, 6.07) is 0. The molecule has 0 aromatic rings. The van der Waals surface area contributed by atoms with Crippen LogP contribution in [0.15, 0.2) is 12.7 Å². The van der Waals surface area contributed by atoms with Gasteiger partial charge in [0.2, 0.25) is 5.91 Å². The lowest BCUT2D eigenvalue weighted by molar-refractivity contribution is -0.928. The van der Waals surface area contributed by atoms with E-state index in [2.05, 4.69) is 25.7 Å². The van der Waals surface area contributed by atoms with Gasteiger partial charge in [-0.05, 0) is 18.9 Å². The predicted molar refractivity (Wildman–Crippen MR) is 89.2 cm³/mol. The van der Waals surface area contributed by atoms with Crippen LogP contribution in [0.1, 0.15) is 39.5 Å². The molecule has 0 aliphatic heterocycles. The molecule has 0 aromatic heterocycles. The van der Waals surface area contributed by atoms with Crippen LogP contribution in [-0.2, 0) is 14.9 Å². The highest BCUT2D eigenvalue weighted by Gasteiger charge is 2.25. The molecule has 2 N–H and O–H groups in total. The summed E-state index contributed by atoms with van der Waals surface area (Å²) in [7, 11) is -3.89. The minimum Gasteiger partial charge on any atom is -0.352 e. The molecule has 0 saturated carbocycles. The van der Waals surface area contributed by atoms with E-state index in [1.807, 2.05) is 0 Å². The lowest BCUT2D eigenvalue weighted by Gasteiger charge is -2.39. The van der Waals surface area contributed by atoms with Crippen LogP contribution < -0.4 is 5.32 Å². The Kier molecular flexibility index (Phi) is 10.3. The van der Waals surface area contributed by atoms with Crippen molar-refractivity contribution in [2.75, 3.05) is 38.5 Å². The van der Waals surface area contributed by atoms with Gasteiger partial charge in [0, 0.05) is 19.4 Å². The fourth-order valence-corrected chi connectivity index (χ4v) is 3.39. The molecule has 0 aliphatic rings. The summed E-state index contributed by atoms with van der Waals surface area (Å²) >= 11 is 0. The first-order valence-corrected chi connectivity index (χ1v) is 9.60. The molecule has 0 unspecified atom stereocenters. The van der Waals surface area contributed by atoms with Gasteiger partial charge in [0.1, 0.15) is 0 Å². The largest absolute Gasteiger partial charge is 0.352 e. The summed E-state index contributed by atoms with van der Waals surface area (Å²) in [5.41, 5.74) is 0. The van der Waals surface area contributed by atoms with Gasteiger partial charge in [-0.15, -0.1) is 0 Å². The lowest BCUT2D eigenvalue weighted by Crippen LogP contribution is -2.51. The van der Waals surface area contributed by atoms with Gasteiger partial charge < -0.3 is 9.80 Å². The van der Waals surface area contributed by atoms with Crippen LogP contribution in [0.25, 0.3) is 0 Å². The third-order valence-corrected chi connectivity index (χ3v) is 4.53. The number of nitrogens with zero attached hydrogens (tertiary/aromatic N) is 1. The number of nitrogens with one attached hydrogen (secondary N) is 1.